The zero-order valence-electron chi connectivity index (χ0n) is 5.37. The number of hydrogen-bond acceptors (Lipinski definition) is 3. The highest BCUT2D eigenvalue weighted by atomic mass is 16.4. The molecule has 1 rings (SSSR count). The molecule has 1 aromatic heterocycles. The zero-order chi connectivity index (χ0) is 7.56. The second-order valence-corrected chi connectivity index (χ2v) is 1.83. The second-order valence-electron chi connectivity index (χ2n) is 1.83. The number of aryl methyl sites for hydroxylation is 1. The Kier molecular flexibility index (Phi) is 1.62. The Balaban J connectivity index is 3.00. The van der Waals surface area contributed by atoms with Crippen LogP contribution in [0.5, 0.6) is 0 Å². The highest BCUT2D eigenvalue weighted by Crippen LogP contribution is 1.92. The van der Waals surface area contributed by atoms with Crippen molar-refractivity contribution < 1.29 is 9.90 Å². The maximum atomic E-state index is 10.1. The molecular weight excluding hydrogens is 132 g/mol. The lowest BCUT2D eigenvalue weighted by Gasteiger charge is -1.89. The maximum Gasteiger partial charge on any atom is 0.406 e. The topological polar surface area (TPSA) is 62.8 Å². The van der Waals surface area contributed by atoms with Gasteiger partial charge < -0.3 is 0 Å². The smallest absolute Gasteiger partial charge is 0.257 e. The maximum absolute atomic E-state index is 10.1. The first-order chi connectivity index (χ1) is 4.70. The SMILES string of the molecule is Cc1cnc(C([O])=O)cn1. The number of rotatable bonds is 1. The van der Waals surface area contributed by atoms with Crippen LogP contribution >= 0.6 is 0 Å². The van der Waals surface area contributed by atoms with Crippen LogP contribution in [-0.2, 0) is 5.11 Å². The summed E-state index contributed by atoms with van der Waals surface area (Å²) in [6.07, 6.45) is 2.55. The zero-order valence-corrected chi connectivity index (χ0v) is 5.37. The van der Waals surface area contributed by atoms with Gasteiger partial charge in [0, 0.05) is 6.20 Å². The van der Waals surface area contributed by atoms with E-state index in [0.717, 1.165) is 0 Å². The molecule has 0 N–H and O–H groups in total. The van der Waals surface area contributed by atoms with Gasteiger partial charge in [0.25, 0.3) is 0 Å². The highest BCUT2D eigenvalue weighted by molar-refractivity contribution is 5.84. The van der Waals surface area contributed by atoms with Crippen molar-refractivity contribution in [2.24, 2.45) is 0 Å². The van der Waals surface area contributed by atoms with E-state index >= 15 is 0 Å². The van der Waals surface area contributed by atoms with Crippen molar-refractivity contribution in [1.82, 2.24) is 9.97 Å². The van der Waals surface area contributed by atoms with Gasteiger partial charge in [0.1, 0.15) is 0 Å². The molecule has 0 fully saturated rings. The highest BCUT2D eigenvalue weighted by Gasteiger charge is 2.04. The molecule has 0 aliphatic carbocycles. The molecule has 4 nitrogen and oxygen atoms in total. The van der Waals surface area contributed by atoms with Crippen LogP contribution in [0.4, 0.5) is 0 Å². The van der Waals surface area contributed by atoms with Crippen LogP contribution in [0.3, 0.4) is 0 Å². The molecule has 0 aliphatic heterocycles. The predicted octanol–water partition coefficient (Wildman–Crippen LogP) is 0.356. The summed E-state index contributed by atoms with van der Waals surface area (Å²) in [7, 11) is 0. The lowest BCUT2D eigenvalue weighted by molar-refractivity contribution is 0.0565. The van der Waals surface area contributed by atoms with Gasteiger partial charge in [-0.2, -0.15) is 0 Å². The molecule has 0 spiro atoms. The van der Waals surface area contributed by atoms with Gasteiger partial charge in [-0.25, -0.2) is 14.9 Å². The molecule has 51 valence electrons. The molecule has 1 aromatic rings. The summed E-state index contributed by atoms with van der Waals surface area (Å²) in [6, 6.07) is 0. The van der Waals surface area contributed by atoms with Gasteiger partial charge in [0.15, 0.2) is 5.69 Å². The lowest BCUT2D eigenvalue weighted by atomic mass is 10.4. The monoisotopic (exact) mass is 137 g/mol. The number of aromatic nitrogens is 2. The van der Waals surface area contributed by atoms with Gasteiger partial charge in [-0.15, -0.1) is 0 Å². The fourth-order valence-electron chi connectivity index (χ4n) is 0.498. The minimum Gasteiger partial charge on any atom is -0.257 e. The molecule has 0 aliphatic rings. The first kappa shape index (κ1) is 6.67. The minimum absolute atomic E-state index is 0.134. The van der Waals surface area contributed by atoms with Gasteiger partial charge in [-0.3, -0.25) is 4.98 Å². The van der Waals surface area contributed by atoms with E-state index in [1.807, 2.05) is 0 Å². The molecule has 0 aromatic carbocycles. The number of nitrogens with zero attached hydrogens (tertiary/aromatic N) is 2. The van der Waals surface area contributed by atoms with Gasteiger partial charge in [0.05, 0.1) is 11.9 Å². The van der Waals surface area contributed by atoms with E-state index in [4.69, 9.17) is 0 Å². The summed E-state index contributed by atoms with van der Waals surface area (Å²) in [4.78, 5) is 17.4. The van der Waals surface area contributed by atoms with Crippen LogP contribution in [0.15, 0.2) is 12.4 Å². The van der Waals surface area contributed by atoms with Crippen molar-refractivity contribution in [2.45, 2.75) is 6.92 Å². The fourth-order valence-corrected chi connectivity index (χ4v) is 0.498. The summed E-state index contributed by atoms with van der Waals surface area (Å²) in [5.41, 5.74) is 0.551. The molecule has 0 saturated carbocycles. The molecule has 1 radical (unpaired) electrons. The molecule has 0 bridgehead atoms. The third-order valence-corrected chi connectivity index (χ3v) is 0.990. The van der Waals surface area contributed by atoms with Crippen LogP contribution in [0.2, 0.25) is 0 Å². The Labute approximate surface area is 57.6 Å². The molecule has 0 unspecified atom stereocenters. The van der Waals surface area contributed by atoms with E-state index in [1.165, 1.54) is 12.4 Å². The van der Waals surface area contributed by atoms with Gasteiger partial charge in [0.2, 0.25) is 0 Å². The van der Waals surface area contributed by atoms with E-state index in [1.54, 1.807) is 6.92 Å². The largest absolute Gasteiger partial charge is 0.406 e. The molecule has 0 amide bonds. The Morgan fingerprint density at radius 2 is 2.10 bits per heavy atom. The van der Waals surface area contributed by atoms with Crippen molar-refractivity contribution in [3.05, 3.63) is 23.8 Å². The Morgan fingerprint density at radius 3 is 2.50 bits per heavy atom. The molecule has 0 saturated heterocycles. The third-order valence-electron chi connectivity index (χ3n) is 0.990. The first-order valence-electron chi connectivity index (χ1n) is 2.70. The molecule has 4 heteroatoms. The number of hydrogen-bond donors (Lipinski definition) is 0. The third kappa shape index (κ3) is 1.28. The van der Waals surface area contributed by atoms with E-state index in [9.17, 15) is 9.90 Å². The normalized spacial score (nSPS) is 9.30. The lowest BCUT2D eigenvalue weighted by Crippen LogP contribution is -1.99. The van der Waals surface area contributed by atoms with Crippen LogP contribution in [0.1, 0.15) is 16.2 Å². The molecule has 10 heavy (non-hydrogen) atoms. The molecule has 0 atom stereocenters. The van der Waals surface area contributed by atoms with Crippen molar-refractivity contribution in [3.8, 4) is 0 Å². The van der Waals surface area contributed by atoms with Gasteiger partial charge in [-0.05, 0) is 6.92 Å². The van der Waals surface area contributed by atoms with E-state index in [-0.39, 0.29) is 5.69 Å². The second kappa shape index (κ2) is 2.43. The van der Waals surface area contributed by atoms with Crippen molar-refractivity contribution in [3.63, 3.8) is 0 Å². The van der Waals surface area contributed by atoms with Crippen molar-refractivity contribution in [2.75, 3.05) is 0 Å². The minimum atomic E-state index is -1.30. The van der Waals surface area contributed by atoms with E-state index < -0.39 is 5.97 Å². The standard InChI is InChI=1S/C6H5N2O2/c1-4-2-8-5(3-7-4)6(9)10/h2-3H,1H3. The van der Waals surface area contributed by atoms with Crippen molar-refractivity contribution >= 4 is 5.97 Å². The quantitative estimate of drug-likeness (QED) is 0.561. The summed E-state index contributed by atoms with van der Waals surface area (Å²) in [6.45, 7) is 1.73. The molecular formula is C6H5N2O2. The van der Waals surface area contributed by atoms with E-state index in [0.29, 0.717) is 5.69 Å². The Morgan fingerprint density at radius 1 is 1.40 bits per heavy atom. The van der Waals surface area contributed by atoms with Crippen LogP contribution in [-0.4, -0.2) is 15.9 Å². The van der Waals surface area contributed by atoms with Crippen molar-refractivity contribution in [1.29, 1.82) is 0 Å². The summed E-state index contributed by atoms with van der Waals surface area (Å²) in [5, 5.41) is 10.1. The molecule has 1 heterocycles. The summed E-state index contributed by atoms with van der Waals surface area (Å²) < 4.78 is 0. The van der Waals surface area contributed by atoms with Crippen LogP contribution < -0.4 is 0 Å². The predicted molar refractivity (Wildman–Crippen MR) is 31.8 cm³/mol. The number of carbonyl (C=O) groups is 1. The van der Waals surface area contributed by atoms with E-state index in [2.05, 4.69) is 9.97 Å². The summed E-state index contributed by atoms with van der Waals surface area (Å²) >= 11 is 0. The summed E-state index contributed by atoms with van der Waals surface area (Å²) in [5.74, 6) is -1.30. The fraction of sp³-hybridized carbons (Fsp3) is 0.167. The van der Waals surface area contributed by atoms with Crippen LogP contribution in [0, 0.1) is 6.92 Å². The first-order valence-corrected chi connectivity index (χ1v) is 2.70. The number of carbonyl (C=O) groups excluding carboxylic acids is 1. The van der Waals surface area contributed by atoms with Gasteiger partial charge in [-0.1, -0.05) is 0 Å². The average Bonchev–Trinajstić information content (AvgIpc) is 1.88. The van der Waals surface area contributed by atoms with Crippen LogP contribution in [0.25, 0.3) is 0 Å². The Bertz CT molecular complexity index is 242. The Hall–Kier alpha value is -1.45. The average molecular weight is 137 g/mol. The van der Waals surface area contributed by atoms with Gasteiger partial charge >= 0.3 is 5.97 Å².